The van der Waals surface area contributed by atoms with Crippen LogP contribution in [0.1, 0.15) is 20.3 Å². The van der Waals surface area contributed by atoms with Gasteiger partial charge in [0.2, 0.25) is 0 Å². The Hall–Kier alpha value is 1.01. The van der Waals surface area contributed by atoms with Crippen LogP contribution in [0.5, 0.6) is 0 Å². The van der Waals surface area contributed by atoms with E-state index in [0.29, 0.717) is 13.2 Å². The van der Waals surface area contributed by atoms with Crippen LogP contribution in [0.15, 0.2) is 0 Å². The predicted octanol–water partition coefficient (Wildman–Crippen LogP) is 3.46. The Balaban J connectivity index is 2.21. The van der Waals surface area contributed by atoms with E-state index in [-0.39, 0.29) is 4.77 Å². The van der Waals surface area contributed by atoms with Crippen molar-refractivity contribution in [3.8, 4) is 0 Å². The maximum Gasteiger partial charge on any atom is 0.334 e. The second-order valence-electron chi connectivity index (χ2n) is 2.55. The van der Waals surface area contributed by atoms with Crippen LogP contribution in [-0.4, -0.2) is 29.5 Å². The molecule has 0 atom stereocenters. The zero-order valence-electron chi connectivity index (χ0n) is 8.60. The highest BCUT2D eigenvalue weighted by atomic mass is 32.2. The van der Waals surface area contributed by atoms with Crippen molar-refractivity contribution in [2.45, 2.75) is 25.0 Å². The quantitative estimate of drug-likeness (QED) is 0.678. The second-order valence-corrected chi connectivity index (χ2v) is 6.36. The van der Waals surface area contributed by atoms with Crippen molar-refractivity contribution < 1.29 is 13.6 Å². The molecule has 1 rings (SSSR count). The van der Waals surface area contributed by atoms with E-state index in [9.17, 15) is 0 Å². The summed E-state index contributed by atoms with van der Waals surface area (Å²) >= 11 is 3.68. The molecule has 0 saturated carbocycles. The van der Waals surface area contributed by atoms with Gasteiger partial charge in [-0.15, -0.1) is 23.5 Å². The van der Waals surface area contributed by atoms with Gasteiger partial charge in [-0.3, -0.25) is 4.52 Å². The van der Waals surface area contributed by atoms with Gasteiger partial charge in [-0.05, 0) is 31.8 Å². The van der Waals surface area contributed by atoms with Crippen LogP contribution in [-0.2, 0) is 13.6 Å². The molecule has 0 unspecified atom stereocenters. The van der Waals surface area contributed by atoms with Gasteiger partial charge in [-0.2, -0.15) is 0 Å². The first kappa shape index (κ1) is 13.1. The number of hydrogen-bond acceptors (Lipinski definition) is 5. The van der Waals surface area contributed by atoms with E-state index in [4.69, 9.17) is 13.6 Å². The third kappa shape index (κ3) is 5.19. The first-order valence-corrected chi connectivity index (χ1v) is 8.02. The van der Waals surface area contributed by atoms with Crippen molar-refractivity contribution in [1.82, 2.24) is 0 Å². The standard InChI is InChI=1S/C8H17O3PS2/c1-3-9-12(10-4-2)11-8-13-6-5-7-14-8/h8H,3-7H2,1-2H3. The normalized spacial score (nSPS) is 19.1. The summed E-state index contributed by atoms with van der Waals surface area (Å²) in [5.74, 6) is 2.36. The fourth-order valence-electron chi connectivity index (χ4n) is 0.906. The molecular formula is C8H17O3PS2. The molecule has 84 valence electrons. The molecule has 0 aromatic carbocycles. The molecule has 1 aliphatic heterocycles. The van der Waals surface area contributed by atoms with Crippen LogP contribution >= 0.6 is 32.1 Å². The Labute approximate surface area is 95.6 Å². The molecule has 14 heavy (non-hydrogen) atoms. The minimum absolute atomic E-state index is 0.202. The summed E-state index contributed by atoms with van der Waals surface area (Å²) in [5, 5.41) is 0. The first-order chi connectivity index (χ1) is 6.86. The molecular weight excluding hydrogens is 239 g/mol. The Bertz CT molecular complexity index is 139. The molecule has 0 amide bonds. The van der Waals surface area contributed by atoms with E-state index in [0.717, 1.165) is 0 Å². The smallest absolute Gasteiger partial charge is 0.313 e. The summed E-state index contributed by atoms with van der Waals surface area (Å²) in [6, 6.07) is 0. The van der Waals surface area contributed by atoms with Crippen LogP contribution < -0.4 is 0 Å². The number of rotatable bonds is 6. The average molecular weight is 256 g/mol. The minimum Gasteiger partial charge on any atom is -0.313 e. The van der Waals surface area contributed by atoms with Gasteiger partial charge in [0.25, 0.3) is 0 Å². The van der Waals surface area contributed by atoms with Crippen molar-refractivity contribution in [1.29, 1.82) is 0 Å². The monoisotopic (exact) mass is 256 g/mol. The maximum absolute atomic E-state index is 5.72. The topological polar surface area (TPSA) is 27.7 Å². The van der Waals surface area contributed by atoms with Gasteiger partial charge in [0, 0.05) is 0 Å². The van der Waals surface area contributed by atoms with Crippen LogP contribution in [0.25, 0.3) is 0 Å². The minimum atomic E-state index is -1.13. The molecule has 0 spiro atoms. The second kappa shape index (κ2) is 8.20. The fourth-order valence-corrected chi connectivity index (χ4v) is 4.73. The summed E-state index contributed by atoms with van der Waals surface area (Å²) < 4.78 is 16.7. The largest absolute Gasteiger partial charge is 0.334 e. The Morgan fingerprint density at radius 3 is 2.21 bits per heavy atom. The predicted molar refractivity (Wildman–Crippen MR) is 64.6 cm³/mol. The molecule has 0 aliphatic carbocycles. The highest BCUT2D eigenvalue weighted by molar-refractivity contribution is 8.17. The lowest BCUT2D eigenvalue weighted by Gasteiger charge is -2.24. The van der Waals surface area contributed by atoms with Crippen molar-refractivity contribution in [3.63, 3.8) is 0 Å². The molecule has 0 radical (unpaired) electrons. The molecule has 1 aliphatic rings. The van der Waals surface area contributed by atoms with Crippen molar-refractivity contribution in [3.05, 3.63) is 0 Å². The van der Waals surface area contributed by atoms with E-state index in [1.54, 1.807) is 0 Å². The van der Waals surface area contributed by atoms with E-state index in [2.05, 4.69) is 0 Å². The molecule has 1 heterocycles. The lowest BCUT2D eigenvalue weighted by molar-refractivity contribution is 0.182. The van der Waals surface area contributed by atoms with Gasteiger partial charge < -0.3 is 9.05 Å². The van der Waals surface area contributed by atoms with Gasteiger partial charge in [0.05, 0.1) is 13.2 Å². The highest BCUT2D eigenvalue weighted by Gasteiger charge is 2.21. The summed E-state index contributed by atoms with van der Waals surface area (Å²) in [7, 11) is -1.13. The highest BCUT2D eigenvalue weighted by Crippen LogP contribution is 2.46. The maximum atomic E-state index is 5.72. The molecule has 1 fully saturated rings. The summed E-state index contributed by atoms with van der Waals surface area (Å²) in [5.41, 5.74) is 0. The van der Waals surface area contributed by atoms with E-state index >= 15 is 0 Å². The van der Waals surface area contributed by atoms with Crippen molar-refractivity contribution in [2.75, 3.05) is 24.7 Å². The van der Waals surface area contributed by atoms with Crippen molar-refractivity contribution >= 4 is 32.1 Å². The summed E-state index contributed by atoms with van der Waals surface area (Å²) in [6.07, 6.45) is 1.27. The van der Waals surface area contributed by atoms with E-state index < -0.39 is 8.60 Å². The lowest BCUT2D eigenvalue weighted by Crippen LogP contribution is -2.09. The zero-order valence-corrected chi connectivity index (χ0v) is 11.1. The van der Waals surface area contributed by atoms with Crippen LogP contribution in [0.2, 0.25) is 0 Å². The molecule has 1 saturated heterocycles. The molecule has 0 aromatic rings. The number of thioether (sulfide) groups is 2. The molecule has 0 N–H and O–H groups in total. The Morgan fingerprint density at radius 1 is 1.14 bits per heavy atom. The molecule has 0 bridgehead atoms. The van der Waals surface area contributed by atoms with Gasteiger partial charge in [-0.1, -0.05) is 0 Å². The summed E-state index contributed by atoms with van der Waals surface area (Å²) in [4.78, 5) is 0. The molecule has 3 nitrogen and oxygen atoms in total. The van der Waals surface area contributed by atoms with Crippen LogP contribution in [0, 0.1) is 0 Å². The van der Waals surface area contributed by atoms with Gasteiger partial charge in [-0.25, -0.2) is 0 Å². The third-order valence-corrected chi connectivity index (χ3v) is 5.65. The first-order valence-electron chi connectivity index (χ1n) is 4.82. The van der Waals surface area contributed by atoms with E-state index in [1.807, 2.05) is 37.4 Å². The van der Waals surface area contributed by atoms with Gasteiger partial charge >= 0.3 is 8.60 Å². The molecule has 6 heteroatoms. The third-order valence-electron chi connectivity index (χ3n) is 1.44. The van der Waals surface area contributed by atoms with E-state index in [1.165, 1.54) is 17.9 Å². The molecule has 0 aromatic heterocycles. The Morgan fingerprint density at radius 2 is 1.71 bits per heavy atom. The zero-order chi connectivity index (χ0) is 10.2. The number of hydrogen-bond donors (Lipinski definition) is 0. The van der Waals surface area contributed by atoms with Gasteiger partial charge in [0.1, 0.15) is 0 Å². The average Bonchev–Trinajstić information content (AvgIpc) is 2.20. The summed E-state index contributed by atoms with van der Waals surface area (Å²) in [6.45, 7) is 5.21. The van der Waals surface area contributed by atoms with Crippen LogP contribution in [0.4, 0.5) is 0 Å². The SMILES string of the molecule is CCOP(OCC)OC1SCCCS1. The lowest BCUT2D eigenvalue weighted by atomic mass is 10.6. The van der Waals surface area contributed by atoms with Crippen LogP contribution in [0.3, 0.4) is 0 Å². The Kier molecular flexibility index (Phi) is 7.66. The van der Waals surface area contributed by atoms with Gasteiger partial charge in [0.15, 0.2) is 4.77 Å². The van der Waals surface area contributed by atoms with Crippen molar-refractivity contribution in [2.24, 2.45) is 0 Å². The fraction of sp³-hybridized carbons (Fsp3) is 1.00.